The molecule has 4 aliphatic carbocycles. The molecule has 12 heteroatoms. The lowest BCUT2D eigenvalue weighted by molar-refractivity contribution is -0.118. The second kappa shape index (κ2) is 22.1. The Morgan fingerprint density at radius 3 is 1.69 bits per heavy atom. The molecular formula is C53H100N4O7Si. The normalized spacial score (nSPS) is 28.9. The zero-order chi connectivity index (χ0) is 48.8. The van der Waals surface area contributed by atoms with E-state index in [0.717, 1.165) is 55.6 Å². The van der Waals surface area contributed by atoms with E-state index in [-0.39, 0.29) is 17.2 Å². The van der Waals surface area contributed by atoms with Crippen molar-refractivity contribution in [1.29, 1.82) is 0 Å². The molecule has 0 radical (unpaired) electrons. The third kappa shape index (κ3) is 15.7. The van der Waals surface area contributed by atoms with Crippen molar-refractivity contribution in [2.75, 3.05) is 45.9 Å². The minimum atomic E-state index is -1.76. The highest BCUT2D eigenvalue weighted by molar-refractivity contribution is 6.74. The number of carbonyl (C=O) groups excluding carboxylic acids is 3. The summed E-state index contributed by atoms with van der Waals surface area (Å²) in [5.74, 6) is 4.80. The third-order valence-corrected chi connectivity index (χ3v) is 21.2. The molecule has 0 bridgehead atoms. The van der Waals surface area contributed by atoms with Crippen molar-refractivity contribution < 1.29 is 33.0 Å². The van der Waals surface area contributed by atoms with Crippen molar-refractivity contribution in [2.24, 2.45) is 46.3 Å². The second-order valence-electron chi connectivity index (χ2n) is 26.1. The summed E-state index contributed by atoms with van der Waals surface area (Å²) in [4.78, 5) is 42.3. The number of rotatable bonds is 18. The summed E-state index contributed by atoms with van der Waals surface area (Å²) in [7, 11) is -1.76. The number of amides is 3. The van der Waals surface area contributed by atoms with E-state index in [4.69, 9.17) is 18.6 Å². The van der Waals surface area contributed by atoms with Gasteiger partial charge in [0.1, 0.15) is 16.8 Å². The fraction of sp³-hybridized carbons (Fsp3) is 0.943. The molecule has 0 heterocycles. The third-order valence-electron chi connectivity index (χ3n) is 16.7. The summed E-state index contributed by atoms with van der Waals surface area (Å²) < 4.78 is 23.8. The molecule has 0 unspecified atom stereocenters. The topological polar surface area (TPSA) is 119 Å². The molecule has 4 aliphatic rings. The molecule has 65 heavy (non-hydrogen) atoms. The fourth-order valence-corrected chi connectivity index (χ4v) is 13.4. The van der Waals surface area contributed by atoms with E-state index in [2.05, 4.69) is 65.3 Å². The molecule has 4 rings (SSSR count). The van der Waals surface area contributed by atoms with Gasteiger partial charge < -0.3 is 39.1 Å². The van der Waals surface area contributed by atoms with E-state index in [1.807, 2.05) is 67.2 Å². The Kier molecular flexibility index (Phi) is 18.9. The van der Waals surface area contributed by atoms with Crippen molar-refractivity contribution in [3.05, 3.63) is 0 Å². The monoisotopic (exact) mass is 933 g/mol. The molecule has 378 valence electrons. The molecule has 0 aromatic rings. The maximum Gasteiger partial charge on any atom is 0.410 e. The summed E-state index contributed by atoms with van der Waals surface area (Å²) in [5, 5.41) is 6.99. The van der Waals surface area contributed by atoms with E-state index in [0.29, 0.717) is 68.4 Å². The number of unbranched alkanes of at least 4 members (excludes halogenated alkanes) is 1. The first kappa shape index (κ1) is 55.5. The van der Waals surface area contributed by atoms with Crippen LogP contribution in [-0.2, 0) is 18.6 Å². The number of fused-ring (bicyclic) bond motifs is 5. The Labute approximate surface area is 399 Å². The van der Waals surface area contributed by atoms with Crippen LogP contribution in [0, 0.1) is 46.3 Å². The van der Waals surface area contributed by atoms with Crippen LogP contribution < -0.4 is 10.6 Å². The molecule has 0 aromatic heterocycles. The Morgan fingerprint density at radius 2 is 1.15 bits per heavy atom. The predicted molar refractivity (Wildman–Crippen MR) is 268 cm³/mol. The van der Waals surface area contributed by atoms with Crippen LogP contribution in [0.5, 0.6) is 0 Å². The maximum atomic E-state index is 13.5. The van der Waals surface area contributed by atoms with Crippen molar-refractivity contribution in [3.63, 3.8) is 0 Å². The average molecular weight is 933 g/mol. The first-order valence-electron chi connectivity index (χ1n) is 26.2. The molecule has 3 amide bonds. The van der Waals surface area contributed by atoms with Crippen molar-refractivity contribution in [1.82, 2.24) is 20.4 Å². The Balaban J connectivity index is 1.26. The van der Waals surface area contributed by atoms with Gasteiger partial charge in [-0.15, -0.1) is 0 Å². The van der Waals surface area contributed by atoms with E-state index in [9.17, 15) is 14.4 Å². The van der Waals surface area contributed by atoms with Gasteiger partial charge in [-0.05, 0) is 217 Å². The van der Waals surface area contributed by atoms with Crippen molar-refractivity contribution in [3.8, 4) is 0 Å². The van der Waals surface area contributed by atoms with Gasteiger partial charge in [-0.1, -0.05) is 41.5 Å². The number of ether oxygens (including phenoxy) is 3. The van der Waals surface area contributed by atoms with Crippen molar-refractivity contribution in [2.45, 2.75) is 228 Å². The minimum absolute atomic E-state index is 0.254. The zero-order valence-electron chi connectivity index (χ0n) is 44.9. The van der Waals surface area contributed by atoms with Gasteiger partial charge in [0.05, 0.1) is 0 Å². The molecule has 0 aliphatic heterocycles. The Bertz CT molecular complexity index is 1550. The molecule has 0 saturated heterocycles. The summed E-state index contributed by atoms with van der Waals surface area (Å²) >= 11 is 0. The van der Waals surface area contributed by atoms with E-state index in [1.54, 1.807) is 4.90 Å². The number of nitrogens with one attached hydrogen (secondary N) is 2. The van der Waals surface area contributed by atoms with Crippen LogP contribution in [0.4, 0.5) is 14.4 Å². The Hall–Kier alpha value is -2.05. The molecule has 0 spiro atoms. The van der Waals surface area contributed by atoms with E-state index in [1.165, 1.54) is 57.8 Å². The molecule has 2 N–H and O–H groups in total. The second-order valence-corrected chi connectivity index (χ2v) is 30.9. The predicted octanol–water partition coefficient (Wildman–Crippen LogP) is 12.8. The molecule has 9 atom stereocenters. The zero-order valence-corrected chi connectivity index (χ0v) is 45.9. The molecule has 0 aromatic carbocycles. The molecule has 4 fully saturated rings. The maximum absolute atomic E-state index is 13.5. The van der Waals surface area contributed by atoms with Crippen LogP contribution in [0.2, 0.25) is 18.1 Å². The van der Waals surface area contributed by atoms with Gasteiger partial charge in [0, 0.05) is 45.4 Å². The van der Waals surface area contributed by atoms with Gasteiger partial charge in [-0.25, -0.2) is 14.4 Å². The van der Waals surface area contributed by atoms with Crippen LogP contribution in [0.15, 0.2) is 0 Å². The number of carbonyl (C=O) groups is 3. The quantitative estimate of drug-likeness (QED) is 0.0792. The number of hydrogen-bond acceptors (Lipinski definition) is 8. The Morgan fingerprint density at radius 1 is 0.646 bits per heavy atom. The molecule has 4 saturated carbocycles. The first-order valence-corrected chi connectivity index (χ1v) is 29.1. The summed E-state index contributed by atoms with van der Waals surface area (Å²) in [6.07, 6.45) is 13.9. The van der Waals surface area contributed by atoms with Crippen molar-refractivity contribution >= 4 is 26.6 Å². The van der Waals surface area contributed by atoms with Crippen LogP contribution in [0.1, 0.15) is 187 Å². The van der Waals surface area contributed by atoms with Gasteiger partial charge in [0.15, 0.2) is 8.32 Å². The highest BCUT2D eigenvalue weighted by Gasteiger charge is 2.60. The highest BCUT2D eigenvalue weighted by Crippen LogP contribution is 2.68. The fourth-order valence-electron chi connectivity index (χ4n) is 12.3. The van der Waals surface area contributed by atoms with Crippen LogP contribution in [-0.4, -0.2) is 105 Å². The molecular weight excluding hydrogens is 833 g/mol. The SMILES string of the molecule is C[C@H](CO[Si](C)(C)C(C)(C)C)[C@H]1CC[C@H]2[C@@H]3CC[C@H]4C[C@H](NCCCN(CCCCN(CCCNC(=O)OC(C)(C)C)C(=O)OC(C)(C)C)C(=O)OC(C)(C)C)CC[C@]4(C)[C@H]3CC[C@]12C. The lowest BCUT2D eigenvalue weighted by atomic mass is 9.44. The minimum Gasteiger partial charge on any atom is -0.444 e. The number of nitrogens with zero attached hydrogens (tertiary/aromatic N) is 2. The van der Waals surface area contributed by atoms with Crippen LogP contribution >= 0.6 is 0 Å². The van der Waals surface area contributed by atoms with Gasteiger partial charge in [-0.3, -0.25) is 0 Å². The lowest BCUT2D eigenvalue weighted by Gasteiger charge is -2.61. The number of alkyl carbamates (subject to hydrolysis) is 1. The smallest absolute Gasteiger partial charge is 0.410 e. The first-order chi connectivity index (χ1) is 29.9. The summed E-state index contributed by atoms with van der Waals surface area (Å²) in [5.41, 5.74) is -0.887. The van der Waals surface area contributed by atoms with Gasteiger partial charge >= 0.3 is 18.3 Å². The largest absolute Gasteiger partial charge is 0.444 e. The average Bonchev–Trinajstić information content (AvgIpc) is 3.51. The van der Waals surface area contributed by atoms with Gasteiger partial charge in [0.2, 0.25) is 0 Å². The van der Waals surface area contributed by atoms with E-state index < -0.39 is 31.2 Å². The standard InChI is InChI=1S/C53H100N4O7Si/c1-38(37-61-65(16,17)51(11,12)13)42-24-25-43-41-23-22-39-36-40(26-28-52(39,14)44(41)27-29-53(42,43)15)54-30-20-34-56(46(59)63-49(5,6)7)32-18-19-33-57(47(60)64-50(8,9)10)35-21-31-55-45(58)62-48(2,3)4/h38-44,54H,18-37H2,1-17H3,(H,55,58)/t38-,39+,40-,41+,42-,43+,44+,52+,53-/m1/s1. The number of hydrogen-bond donors (Lipinski definition) is 2. The van der Waals surface area contributed by atoms with E-state index >= 15 is 0 Å². The summed E-state index contributed by atoms with van der Waals surface area (Å²) in [6, 6.07) is 0.532. The van der Waals surface area contributed by atoms with Crippen LogP contribution in [0.25, 0.3) is 0 Å². The molecule has 11 nitrogen and oxygen atoms in total. The lowest BCUT2D eigenvalue weighted by Crippen LogP contribution is -2.55. The summed E-state index contributed by atoms with van der Waals surface area (Å²) in [6.45, 7) is 40.9. The van der Waals surface area contributed by atoms with Crippen LogP contribution in [0.3, 0.4) is 0 Å². The van der Waals surface area contributed by atoms with Gasteiger partial charge in [-0.2, -0.15) is 0 Å². The van der Waals surface area contributed by atoms with Gasteiger partial charge in [0.25, 0.3) is 0 Å². The highest BCUT2D eigenvalue weighted by atomic mass is 28.4.